The molecule has 0 aliphatic heterocycles. The summed E-state index contributed by atoms with van der Waals surface area (Å²) in [5, 5.41) is 0. The number of benzene rings is 1. The van der Waals surface area contributed by atoms with Crippen molar-refractivity contribution in [1.82, 2.24) is 0 Å². The van der Waals surface area contributed by atoms with Crippen LogP contribution in [0.4, 0.5) is 0 Å². The Morgan fingerprint density at radius 1 is 0.727 bits per heavy atom. The van der Waals surface area contributed by atoms with Gasteiger partial charge in [-0.25, -0.2) is 0 Å². The van der Waals surface area contributed by atoms with Crippen molar-refractivity contribution in [3.63, 3.8) is 0 Å². The summed E-state index contributed by atoms with van der Waals surface area (Å²) in [5.74, 6) is 3.99. The van der Waals surface area contributed by atoms with Gasteiger partial charge in [-0.3, -0.25) is 0 Å². The highest BCUT2D eigenvalue weighted by Gasteiger charge is 2.30. The van der Waals surface area contributed by atoms with Crippen molar-refractivity contribution in [2.45, 2.75) is 84.0 Å². The Morgan fingerprint density at radius 2 is 1.27 bits per heavy atom. The zero-order valence-corrected chi connectivity index (χ0v) is 14.7. The molecule has 0 bridgehead atoms. The lowest BCUT2D eigenvalue weighted by Gasteiger charge is -2.38. The van der Waals surface area contributed by atoms with Crippen molar-refractivity contribution >= 4 is 0 Å². The van der Waals surface area contributed by atoms with Gasteiger partial charge in [0.25, 0.3) is 0 Å². The van der Waals surface area contributed by atoms with Gasteiger partial charge in [0.15, 0.2) is 0 Å². The maximum absolute atomic E-state index is 2.40. The third-order valence-corrected chi connectivity index (χ3v) is 6.77. The van der Waals surface area contributed by atoms with E-state index in [1.165, 1.54) is 63.4 Å². The summed E-state index contributed by atoms with van der Waals surface area (Å²) >= 11 is 0. The summed E-state index contributed by atoms with van der Waals surface area (Å²) < 4.78 is 0. The van der Waals surface area contributed by atoms with Crippen LogP contribution in [0.15, 0.2) is 24.3 Å². The fourth-order valence-corrected chi connectivity index (χ4v) is 5.02. The highest BCUT2D eigenvalue weighted by Crippen LogP contribution is 2.44. The lowest BCUT2D eigenvalue weighted by molar-refractivity contribution is 0.158. The molecular weight excluding hydrogens is 264 g/mol. The van der Waals surface area contributed by atoms with E-state index in [2.05, 4.69) is 38.1 Å². The molecule has 0 heteroatoms. The van der Waals surface area contributed by atoms with E-state index in [1.54, 1.807) is 5.56 Å². The first kappa shape index (κ1) is 16.1. The highest BCUT2D eigenvalue weighted by molar-refractivity contribution is 5.25. The third-order valence-electron chi connectivity index (χ3n) is 6.77. The van der Waals surface area contributed by atoms with Gasteiger partial charge in [0.2, 0.25) is 0 Å². The Labute approximate surface area is 137 Å². The van der Waals surface area contributed by atoms with E-state index in [4.69, 9.17) is 0 Å². The van der Waals surface area contributed by atoms with Crippen molar-refractivity contribution < 1.29 is 0 Å². The van der Waals surface area contributed by atoms with Crippen LogP contribution >= 0.6 is 0 Å². The van der Waals surface area contributed by atoms with E-state index in [1.807, 2.05) is 0 Å². The maximum atomic E-state index is 2.40. The molecule has 0 nitrogen and oxygen atoms in total. The van der Waals surface area contributed by atoms with Gasteiger partial charge in [-0.2, -0.15) is 0 Å². The molecule has 0 amide bonds. The van der Waals surface area contributed by atoms with Gasteiger partial charge in [-0.15, -0.1) is 0 Å². The normalized spacial score (nSPS) is 32.8. The summed E-state index contributed by atoms with van der Waals surface area (Å²) in [4.78, 5) is 0. The number of hydrogen-bond acceptors (Lipinski definition) is 0. The van der Waals surface area contributed by atoms with Crippen molar-refractivity contribution in [3.05, 3.63) is 35.4 Å². The highest BCUT2D eigenvalue weighted by atomic mass is 14.4. The Bertz CT molecular complexity index is 428. The lowest BCUT2D eigenvalue weighted by Crippen LogP contribution is -2.25. The van der Waals surface area contributed by atoms with Crippen LogP contribution in [0.1, 0.15) is 88.7 Å². The summed E-state index contributed by atoms with van der Waals surface area (Å²) in [5.41, 5.74) is 3.08. The molecule has 0 spiro atoms. The lowest BCUT2D eigenvalue weighted by atomic mass is 9.68. The monoisotopic (exact) mass is 298 g/mol. The first-order chi connectivity index (χ1) is 10.8. The zero-order valence-electron chi connectivity index (χ0n) is 14.7. The van der Waals surface area contributed by atoms with Gasteiger partial charge in [0, 0.05) is 0 Å². The first-order valence-corrected chi connectivity index (χ1v) is 9.89. The molecular formula is C22H34. The van der Waals surface area contributed by atoms with Crippen LogP contribution in [0.2, 0.25) is 0 Å². The second-order valence-corrected chi connectivity index (χ2v) is 7.90. The molecule has 1 aromatic rings. The van der Waals surface area contributed by atoms with Gasteiger partial charge in [0.05, 0.1) is 0 Å². The number of rotatable bonds is 4. The molecule has 2 saturated carbocycles. The number of aryl methyl sites for hydroxylation is 1. The second-order valence-electron chi connectivity index (χ2n) is 7.90. The molecule has 22 heavy (non-hydrogen) atoms. The Balaban J connectivity index is 1.49. The molecule has 0 N–H and O–H groups in total. The minimum atomic E-state index is 0.842. The van der Waals surface area contributed by atoms with Crippen molar-refractivity contribution in [3.8, 4) is 0 Å². The molecule has 0 atom stereocenters. The topological polar surface area (TPSA) is 0 Å². The van der Waals surface area contributed by atoms with E-state index in [-0.39, 0.29) is 0 Å². The van der Waals surface area contributed by atoms with Crippen molar-refractivity contribution in [1.29, 1.82) is 0 Å². The average Bonchev–Trinajstić information content (AvgIpc) is 2.62. The quantitative estimate of drug-likeness (QED) is 0.577. The van der Waals surface area contributed by atoms with Gasteiger partial charge in [-0.1, -0.05) is 57.4 Å². The molecule has 0 aromatic heterocycles. The van der Waals surface area contributed by atoms with Crippen LogP contribution in [0.3, 0.4) is 0 Å². The number of hydrogen-bond donors (Lipinski definition) is 0. The zero-order chi connectivity index (χ0) is 15.4. The van der Waals surface area contributed by atoms with Crippen LogP contribution in [0.5, 0.6) is 0 Å². The summed E-state index contributed by atoms with van der Waals surface area (Å²) in [6.07, 6.45) is 14.5. The molecule has 0 saturated heterocycles. The van der Waals surface area contributed by atoms with Crippen LogP contribution in [0.25, 0.3) is 0 Å². The van der Waals surface area contributed by atoms with E-state index in [0.29, 0.717) is 0 Å². The Kier molecular flexibility index (Phi) is 5.61. The maximum Gasteiger partial charge on any atom is -0.0162 e. The fraction of sp³-hybridized carbons (Fsp3) is 0.727. The molecule has 2 aliphatic carbocycles. The second kappa shape index (κ2) is 7.66. The van der Waals surface area contributed by atoms with Gasteiger partial charge in [-0.05, 0) is 79.7 Å². The predicted molar refractivity (Wildman–Crippen MR) is 96.3 cm³/mol. The minimum Gasteiger partial charge on any atom is -0.0651 e. The van der Waals surface area contributed by atoms with Gasteiger partial charge in [0.1, 0.15) is 0 Å². The Hall–Kier alpha value is -0.780. The smallest absolute Gasteiger partial charge is 0.0162 e. The molecule has 0 heterocycles. The molecule has 1 aromatic carbocycles. The average molecular weight is 299 g/mol. The molecule has 2 fully saturated rings. The molecule has 3 rings (SSSR count). The van der Waals surface area contributed by atoms with Crippen LogP contribution < -0.4 is 0 Å². The summed E-state index contributed by atoms with van der Waals surface area (Å²) in [6.45, 7) is 4.62. The van der Waals surface area contributed by atoms with E-state index in [9.17, 15) is 0 Å². The van der Waals surface area contributed by atoms with E-state index < -0.39 is 0 Å². The van der Waals surface area contributed by atoms with E-state index >= 15 is 0 Å². The van der Waals surface area contributed by atoms with E-state index in [0.717, 1.165) is 30.1 Å². The predicted octanol–water partition coefficient (Wildman–Crippen LogP) is 6.74. The SMILES string of the molecule is CCc1ccc(C2CCC(C3CCC(CC)CC3)CC2)cc1. The van der Waals surface area contributed by atoms with Crippen LogP contribution in [-0.4, -0.2) is 0 Å². The summed E-state index contributed by atoms with van der Waals surface area (Å²) in [6, 6.07) is 9.48. The van der Waals surface area contributed by atoms with Crippen LogP contribution in [-0.2, 0) is 6.42 Å². The molecule has 122 valence electrons. The standard InChI is InChI=1S/C22H34/c1-3-17-5-9-19(10-6-17)21-13-15-22(16-14-21)20-11-7-18(4-2)8-12-20/h5-6,9-10,18,20-22H,3-4,7-8,11-16H2,1-2H3. The first-order valence-electron chi connectivity index (χ1n) is 9.89. The molecule has 0 unspecified atom stereocenters. The van der Waals surface area contributed by atoms with Crippen molar-refractivity contribution in [2.75, 3.05) is 0 Å². The summed E-state index contributed by atoms with van der Waals surface area (Å²) in [7, 11) is 0. The molecule has 0 radical (unpaired) electrons. The Morgan fingerprint density at radius 3 is 1.77 bits per heavy atom. The van der Waals surface area contributed by atoms with Crippen molar-refractivity contribution in [2.24, 2.45) is 17.8 Å². The largest absolute Gasteiger partial charge is 0.0651 e. The minimum absolute atomic E-state index is 0.842. The van der Waals surface area contributed by atoms with Gasteiger partial charge >= 0.3 is 0 Å². The fourth-order valence-electron chi connectivity index (χ4n) is 5.02. The third kappa shape index (κ3) is 3.76. The van der Waals surface area contributed by atoms with Gasteiger partial charge < -0.3 is 0 Å². The van der Waals surface area contributed by atoms with Crippen LogP contribution in [0, 0.1) is 17.8 Å². The molecule has 2 aliphatic rings.